The van der Waals surface area contributed by atoms with E-state index in [9.17, 15) is 5.11 Å². The van der Waals surface area contributed by atoms with Crippen LogP contribution in [0.3, 0.4) is 0 Å². The van der Waals surface area contributed by atoms with Gasteiger partial charge < -0.3 is 5.11 Å². The maximum atomic E-state index is 9.48. The van der Waals surface area contributed by atoms with Gasteiger partial charge >= 0.3 is 0 Å². The lowest BCUT2D eigenvalue weighted by Gasteiger charge is -2.30. The Morgan fingerprint density at radius 3 is 2.60 bits per heavy atom. The Bertz CT molecular complexity index is 101. The third-order valence-electron chi connectivity index (χ3n) is 2.84. The van der Waals surface area contributed by atoms with Crippen LogP contribution in [-0.4, -0.2) is 11.2 Å². The molecule has 1 aliphatic carbocycles. The molecule has 60 valence electrons. The van der Waals surface area contributed by atoms with Gasteiger partial charge in [-0.15, -0.1) is 0 Å². The fourth-order valence-electron chi connectivity index (χ4n) is 1.75. The monoisotopic (exact) mass is 142 g/mol. The van der Waals surface area contributed by atoms with Crippen molar-refractivity contribution in [2.24, 2.45) is 11.8 Å². The van der Waals surface area contributed by atoms with Gasteiger partial charge in [0, 0.05) is 0 Å². The molecule has 1 nitrogen and oxygen atoms in total. The molecule has 0 bridgehead atoms. The van der Waals surface area contributed by atoms with Gasteiger partial charge in [-0.2, -0.15) is 0 Å². The van der Waals surface area contributed by atoms with E-state index < -0.39 is 0 Å². The minimum atomic E-state index is -0.0151. The summed E-state index contributed by atoms with van der Waals surface area (Å²) in [6.45, 7) is 4.36. The van der Waals surface area contributed by atoms with Crippen LogP contribution in [0, 0.1) is 11.8 Å². The Hall–Kier alpha value is -0.0400. The third kappa shape index (κ3) is 1.72. The number of hydrogen-bond acceptors (Lipinski definition) is 1. The zero-order chi connectivity index (χ0) is 7.56. The molecular formula is C9H18O. The SMILES string of the molecule is CCC1CC[C@@H](C)[C@H](O)C1. The van der Waals surface area contributed by atoms with E-state index in [0.717, 1.165) is 12.3 Å². The maximum absolute atomic E-state index is 9.48. The van der Waals surface area contributed by atoms with Crippen molar-refractivity contribution in [2.75, 3.05) is 0 Å². The summed E-state index contributed by atoms with van der Waals surface area (Å²) in [5.74, 6) is 1.34. The molecule has 1 aliphatic rings. The minimum Gasteiger partial charge on any atom is -0.393 e. The molecule has 1 rings (SSSR count). The van der Waals surface area contributed by atoms with Gasteiger partial charge in [0.2, 0.25) is 0 Å². The summed E-state index contributed by atoms with van der Waals surface area (Å²) >= 11 is 0. The summed E-state index contributed by atoms with van der Waals surface area (Å²) in [4.78, 5) is 0. The Morgan fingerprint density at radius 1 is 1.40 bits per heavy atom. The summed E-state index contributed by atoms with van der Waals surface area (Å²) < 4.78 is 0. The maximum Gasteiger partial charge on any atom is 0.0568 e. The number of aliphatic hydroxyl groups is 1. The van der Waals surface area contributed by atoms with Crippen LogP contribution in [0.5, 0.6) is 0 Å². The molecule has 1 saturated carbocycles. The van der Waals surface area contributed by atoms with Crippen LogP contribution in [0.2, 0.25) is 0 Å². The standard InChI is InChI=1S/C9H18O/c1-3-8-5-4-7(2)9(10)6-8/h7-10H,3-6H2,1-2H3/t7-,8?,9-/m1/s1. The Labute approximate surface area is 63.4 Å². The summed E-state index contributed by atoms with van der Waals surface area (Å²) in [6.07, 6.45) is 4.81. The first-order valence-electron chi connectivity index (χ1n) is 4.42. The largest absolute Gasteiger partial charge is 0.393 e. The van der Waals surface area contributed by atoms with Gasteiger partial charge in [0.1, 0.15) is 0 Å². The van der Waals surface area contributed by atoms with Crippen molar-refractivity contribution in [1.29, 1.82) is 0 Å². The van der Waals surface area contributed by atoms with Crippen LogP contribution in [0.15, 0.2) is 0 Å². The van der Waals surface area contributed by atoms with Crippen LogP contribution in [0.25, 0.3) is 0 Å². The highest BCUT2D eigenvalue weighted by Crippen LogP contribution is 2.30. The molecular weight excluding hydrogens is 124 g/mol. The number of hydrogen-bond donors (Lipinski definition) is 1. The molecule has 1 unspecified atom stereocenters. The third-order valence-corrected chi connectivity index (χ3v) is 2.84. The Balaban J connectivity index is 2.33. The lowest BCUT2D eigenvalue weighted by Crippen LogP contribution is -2.26. The molecule has 0 aliphatic heterocycles. The van der Waals surface area contributed by atoms with Crippen molar-refractivity contribution in [3.05, 3.63) is 0 Å². The molecule has 0 aromatic carbocycles. The molecule has 0 spiro atoms. The predicted molar refractivity (Wildman–Crippen MR) is 42.8 cm³/mol. The zero-order valence-electron chi connectivity index (χ0n) is 7.01. The lowest BCUT2D eigenvalue weighted by molar-refractivity contribution is 0.0524. The normalized spacial score (nSPS) is 41.7. The first-order chi connectivity index (χ1) is 4.74. The van der Waals surface area contributed by atoms with Crippen molar-refractivity contribution >= 4 is 0 Å². The Morgan fingerprint density at radius 2 is 2.10 bits per heavy atom. The summed E-state index contributed by atoms with van der Waals surface area (Å²) in [6, 6.07) is 0. The number of rotatable bonds is 1. The fourth-order valence-corrected chi connectivity index (χ4v) is 1.75. The molecule has 1 heteroatoms. The second kappa shape index (κ2) is 3.38. The van der Waals surface area contributed by atoms with Crippen LogP contribution >= 0.6 is 0 Å². The average Bonchev–Trinajstić information content (AvgIpc) is 1.95. The molecule has 1 N–H and O–H groups in total. The second-order valence-electron chi connectivity index (χ2n) is 3.63. The predicted octanol–water partition coefficient (Wildman–Crippen LogP) is 2.19. The van der Waals surface area contributed by atoms with Gasteiger partial charge in [-0.05, 0) is 24.7 Å². The van der Waals surface area contributed by atoms with E-state index in [-0.39, 0.29) is 6.10 Å². The van der Waals surface area contributed by atoms with Crippen molar-refractivity contribution < 1.29 is 5.11 Å². The van der Waals surface area contributed by atoms with E-state index in [2.05, 4.69) is 13.8 Å². The lowest BCUT2D eigenvalue weighted by atomic mass is 9.80. The van der Waals surface area contributed by atoms with Crippen LogP contribution in [-0.2, 0) is 0 Å². The summed E-state index contributed by atoms with van der Waals surface area (Å²) in [7, 11) is 0. The number of aliphatic hydroxyl groups excluding tert-OH is 1. The van der Waals surface area contributed by atoms with Gasteiger partial charge in [-0.1, -0.05) is 26.7 Å². The highest BCUT2D eigenvalue weighted by molar-refractivity contribution is 4.76. The van der Waals surface area contributed by atoms with E-state index in [1.807, 2.05) is 0 Å². The van der Waals surface area contributed by atoms with Crippen molar-refractivity contribution in [1.82, 2.24) is 0 Å². The molecule has 0 saturated heterocycles. The van der Waals surface area contributed by atoms with E-state index in [1.54, 1.807) is 0 Å². The van der Waals surface area contributed by atoms with Crippen molar-refractivity contribution in [3.63, 3.8) is 0 Å². The molecule has 0 heterocycles. The smallest absolute Gasteiger partial charge is 0.0568 e. The summed E-state index contributed by atoms with van der Waals surface area (Å²) in [5.41, 5.74) is 0. The molecule has 1 fully saturated rings. The first-order valence-corrected chi connectivity index (χ1v) is 4.42. The Kier molecular flexibility index (Phi) is 2.72. The van der Waals surface area contributed by atoms with Crippen LogP contribution in [0.4, 0.5) is 0 Å². The van der Waals surface area contributed by atoms with E-state index in [4.69, 9.17) is 0 Å². The van der Waals surface area contributed by atoms with Gasteiger partial charge in [0.15, 0.2) is 0 Å². The quantitative estimate of drug-likeness (QED) is 0.595. The zero-order valence-corrected chi connectivity index (χ0v) is 7.01. The average molecular weight is 142 g/mol. The van der Waals surface area contributed by atoms with E-state index >= 15 is 0 Å². The van der Waals surface area contributed by atoms with Gasteiger partial charge in [0.05, 0.1) is 6.10 Å². The molecule has 10 heavy (non-hydrogen) atoms. The van der Waals surface area contributed by atoms with Crippen molar-refractivity contribution in [2.45, 2.75) is 45.6 Å². The van der Waals surface area contributed by atoms with Gasteiger partial charge in [-0.25, -0.2) is 0 Å². The molecule has 0 aromatic rings. The first kappa shape index (κ1) is 8.06. The highest BCUT2D eigenvalue weighted by atomic mass is 16.3. The van der Waals surface area contributed by atoms with E-state index in [1.165, 1.54) is 19.3 Å². The van der Waals surface area contributed by atoms with Gasteiger partial charge in [0.25, 0.3) is 0 Å². The van der Waals surface area contributed by atoms with Gasteiger partial charge in [-0.3, -0.25) is 0 Å². The van der Waals surface area contributed by atoms with E-state index in [0.29, 0.717) is 5.92 Å². The molecule has 0 amide bonds. The fraction of sp³-hybridized carbons (Fsp3) is 1.00. The minimum absolute atomic E-state index is 0.0151. The van der Waals surface area contributed by atoms with Crippen LogP contribution in [0.1, 0.15) is 39.5 Å². The molecule has 0 aromatic heterocycles. The van der Waals surface area contributed by atoms with Crippen molar-refractivity contribution in [3.8, 4) is 0 Å². The van der Waals surface area contributed by atoms with Crippen LogP contribution < -0.4 is 0 Å². The summed E-state index contributed by atoms with van der Waals surface area (Å²) in [5, 5.41) is 9.48. The second-order valence-corrected chi connectivity index (χ2v) is 3.63. The molecule has 0 radical (unpaired) electrons. The highest BCUT2D eigenvalue weighted by Gasteiger charge is 2.24. The topological polar surface area (TPSA) is 20.2 Å². The molecule has 3 atom stereocenters.